The Morgan fingerprint density at radius 1 is 0.809 bits per heavy atom. The lowest BCUT2D eigenvalue weighted by atomic mass is 9.90. The zero-order valence-corrected chi connectivity index (χ0v) is 28.1. The van der Waals surface area contributed by atoms with Crippen LogP contribution in [0, 0.1) is 0 Å². The molecule has 2 amide bonds. The van der Waals surface area contributed by atoms with Gasteiger partial charge in [0.15, 0.2) is 37.9 Å². The number of allylic oxidation sites excluding steroid dienone is 5. The fraction of sp³-hybridized carbons (Fsp3) is 0.179. The van der Waals surface area contributed by atoms with Gasteiger partial charge in [0.1, 0.15) is 21.3 Å². The highest BCUT2D eigenvalue weighted by Gasteiger charge is 2.19. The first-order valence-electron chi connectivity index (χ1n) is 16.0. The van der Waals surface area contributed by atoms with Crippen molar-refractivity contribution in [2.24, 2.45) is 0 Å². The van der Waals surface area contributed by atoms with Crippen LogP contribution in [0.4, 0.5) is 0 Å². The topological polar surface area (TPSA) is 66.0 Å². The first-order valence-corrected chi connectivity index (χ1v) is 16.0. The summed E-state index contributed by atoms with van der Waals surface area (Å²) in [4.78, 5) is 25.3. The van der Waals surface area contributed by atoms with Crippen molar-refractivity contribution in [1.82, 2.24) is 10.6 Å². The Morgan fingerprint density at radius 3 is 1.87 bits per heavy atom. The van der Waals surface area contributed by atoms with Crippen LogP contribution in [0.3, 0.4) is 0 Å². The molecule has 2 aromatic heterocycles. The Hall–Kier alpha value is -5.23. The summed E-state index contributed by atoms with van der Waals surface area (Å²) < 4.78 is 4.31. The molecule has 0 saturated heterocycles. The summed E-state index contributed by atoms with van der Waals surface area (Å²) in [6, 6.07) is 20.9. The van der Waals surface area contributed by atoms with E-state index in [1.54, 1.807) is 13.0 Å². The molecule has 4 rings (SSSR count). The Kier molecular flexibility index (Phi) is 12.5. The van der Waals surface area contributed by atoms with Gasteiger partial charge in [0, 0.05) is 35.4 Å². The van der Waals surface area contributed by atoms with Crippen LogP contribution in [0.25, 0.3) is 16.7 Å². The maximum Gasteiger partial charge on any atom is 0.257 e. The third-order valence-electron chi connectivity index (χ3n) is 8.03. The number of carbonyl (C=O) groups is 2. The highest BCUT2D eigenvalue weighted by Crippen LogP contribution is 2.23. The van der Waals surface area contributed by atoms with Gasteiger partial charge >= 0.3 is 0 Å². The molecule has 0 aliphatic carbocycles. The van der Waals surface area contributed by atoms with E-state index in [2.05, 4.69) is 122 Å². The molecule has 2 aromatic carbocycles. The van der Waals surface area contributed by atoms with Crippen molar-refractivity contribution in [2.75, 3.05) is 13.1 Å². The largest absolute Gasteiger partial charge is 0.352 e. The van der Waals surface area contributed by atoms with Crippen molar-refractivity contribution in [1.29, 1.82) is 0 Å². The van der Waals surface area contributed by atoms with Gasteiger partial charge in [-0.15, -0.1) is 0 Å². The summed E-state index contributed by atoms with van der Waals surface area (Å²) in [5, 5.41) is 5.85. The molecule has 0 aliphatic heterocycles. The molecule has 2 heterocycles. The quantitative estimate of drug-likeness (QED) is 0.0747. The van der Waals surface area contributed by atoms with E-state index in [-0.39, 0.29) is 11.8 Å². The molecule has 0 atom stereocenters. The zero-order valence-electron chi connectivity index (χ0n) is 28.1. The summed E-state index contributed by atoms with van der Waals surface area (Å²) in [5.74, 6) is -0.340. The van der Waals surface area contributed by atoms with Crippen molar-refractivity contribution < 1.29 is 18.7 Å². The molecule has 0 spiro atoms. The second kappa shape index (κ2) is 16.9. The van der Waals surface area contributed by atoms with E-state index in [4.69, 9.17) is 0 Å². The van der Waals surface area contributed by atoms with Crippen LogP contribution in [0.15, 0.2) is 128 Å². The van der Waals surface area contributed by atoms with Crippen LogP contribution in [0.5, 0.6) is 0 Å². The maximum atomic E-state index is 13.5. The molecule has 4 aromatic rings. The predicted octanol–water partition coefficient (Wildman–Crippen LogP) is 2.50. The Morgan fingerprint density at radius 2 is 1.34 bits per heavy atom. The number of nitrogens with one attached hydrogen (secondary N) is 2. The standard InChI is InChI=1S/C39H42B2N4O2/c1-5-7-13-29(6-2)32-20-33(25-44(24-32)22-30-14-8-10-16-36(30)40)34-21-35(39(47)43-19-12-18-42-38(46)28(3)4)27-45(26-34)23-31-15-9-11-17-37(31)41/h5-11,13-17,20-21,24-27H,1,3,12,18-19,22-23,40-41H2,2,4H3/p+2/b13-7-,29-6+. The molecule has 6 nitrogen and oxygen atoms in total. The molecular weight excluding hydrogens is 578 g/mol. The van der Waals surface area contributed by atoms with Crippen LogP contribution in [0.1, 0.15) is 47.3 Å². The second-order valence-corrected chi connectivity index (χ2v) is 11.8. The molecule has 47 heavy (non-hydrogen) atoms. The predicted molar refractivity (Wildman–Crippen MR) is 197 cm³/mol. The normalized spacial score (nSPS) is 11.3. The fourth-order valence-corrected chi connectivity index (χ4v) is 5.30. The molecule has 0 fully saturated rings. The average Bonchev–Trinajstić information content (AvgIpc) is 3.06. The van der Waals surface area contributed by atoms with Gasteiger partial charge in [0.05, 0.1) is 11.1 Å². The van der Waals surface area contributed by atoms with Gasteiger partial charge in [-0.3, -0.25) is 9.59 Å². The number of nitrogens with zero attached hydrogens (tertiary/aromatic N) is 2. The smallest absolute Gasteiger partial charge is 0.257 e. The van der Waals surface area contributed by atoms with E-state index in [0.717, 1.165) is 22.3 Å². The first kappa shape index (κ1) is 34.6. The zero-order chi connectivity index (χ0) is 33.8. The average molecular weight is 622 g/mol. The van der Waals surface area contributed by atoms with E-state index < -0.39 is 0 Å². The van der Waals surface area contributed by atoms with Gasteiger partial charge in [-0.2, -0.15) is 9.13 Å². The van der Waals surface area contributed by atoms with Gasteiger partial charge < -0.3 is 10.6 Å². The summed E-state index contributed by atoms with van der Waals surface area (Å²) in [7, 11) is 4.24. The van der Waals surface area contributed by atoms with Crippen molar-refractivity contribution in [2.45, 2.75) is 33.4 Å². The van der Waals surface area contributed by atoms with E-state index in [9.17, 15) is 9.59 Å². The van der Waals surface area contributed by atoms with Crippen molar-refractivity contribution in [3.63, 3.8) is 0 Å². The number of rotatable bonds is 14. The highest BCUT2D eigenvalue weighted by atomic mass is 16.2. The van der Waals surface area contributed by atoms with Gasteiger partial charge in [0.25, 0.3) is 5.91 Å². The molecular formula is C39H44B2N4O2+2. The number of hydrogen-bond donors (Lipinski definition) is 2. The second-order valence-electron chi connectivity index (χ2n) is 11.8. The van der Waals surface area contributed by atoms with Gasteiger partial charge in [-0.1, -0.05) is 96.9 Å². The molecule has 0 aliphatic rings. The molecule has 0 saturated carbocycles. The molecule has 236 valence electrons. The van der Waals surface area contributed by atoms with E-state index >= 15 is 0 Å². The SMILES string of the molecule is Bc1ccccc1C[n+]1cc(C(=O)NCCCNC(=O)C(=C)C)cc(-c2cc(C(/C=C\C=C)=C/C)c[n+](Cc3ccccc3B)c2)c1. The molecule has 0 bridgehead atoms. The van der Waals surface area contributed by atoms with Crippen LogP contribution in [0.2, 0.25) is 0 Å². The van der Waals surface area contributed by atoms with E-state index in [0.29, 0.717) is 43.7 Å². The summed E-state index contributed by atoms with van der Waals surface area (Å²) in [6.45, 7) is 13.4. The van der Waals surface area contributed by atoms with Crippen molar-refractivity contribution in [3.05, 3.63) is 151 Å². The molecule has 2 N–H and O–H groups in total. The van der Waals surface area contributed by atoms with Crippen LogP contribution >= 0.6 is 0 Å². The maximum absolute atomic E-state index is 13.5. The number of carbonyl (C=O) groups excluding carboxylic acids is 2. The number of benzene rings is 2. The number of aromatic nitrogens is 2. The monoisotopic (exact) mass is 622 g/mol. The third-order valence-corrected chi connectivity index (χ3v) is 8.03. The minimum Gasteiger partial charge on any atom is -0.352 e. The molecule has 8 heteroatoms. The first-order chi connectivity index (χ1) is 22.7. The van der Waals surface area contributed by atoms with Crippen molar-refractivity contribution in [3.8, 4) is 11.1 Å². The molecule has 0 unspecified atom stereocenters. The van der Waals surface area contributed by atoms with E-state index in [1.807, 2.05) is 37.4 Å². The summed E-state index contributed by atoms with van der Waals surface area (Å²) >= 11 is 0. The van der Waals surface area contributed by atoms with Crippen LogP contribution in [-0.4, -0.2) is 40.6 Å². The minimum absolute atomic E-state index is 0.163. The van der Waals surface area contributed by atoms with Crippen molar-refractivity contribution >= 4 is 44.0 Å². The lowest BCUT2D eigenvalue weighted by Gasteiger charge is -2.11. The summed E-state index contributed by atoms with van der Waals surface area (Å²) in [5.41, 5.74) is 9.95. The summed E-state index contributed by atoms with van der Waals surface area (Å²) in [6.07, 6.45) is 16.8. The lowest BCUT2D eigenvalue weighted by molar-refractivity contribution is -0.689. The Labute approximate surface area is 281 Å². The van der Waals surface area contributed by atoms with Gasteiger partial charge in [-0.05, 0) is 38.0 Å². The number of amides is 2. The molecule has 0 radical (unpaired) electrons. The fourth-order valence-electron chi connectivity index (χ4n) is 5.30. The minimum atomic E-state index is -0.177. The number of hydrogen-bond acceptors (Lipinski definition) is 2. The van der Waals surface area contributed by atoms with Crippen LogP contribution in [-0.2, 0) is 17.9 Å². The number of pyridine rings is 2. The van der Waals surface area contributed by atoms with Crippen LogP contribution < -0.4 is 30.7 Å². The van der Waals surface area contributed by atoms with Gasteiger partial charge in [0.2, 0.25) is 5.91 Å². The Balaban J connectivity index is 1.75. The van der Waals surface area contributed by atoms with E-state index in [1.165, 1.54) is 22.1 Å². The third kappa shape index (κ3) is 9.88. The highest BCUT2D eigenvalue weighted by molar-refractivity contribution is 6.33. The van der Waals surface area contributed by atoms with Gasteiger partial charge in [-0.25, -0.2) is 0 Å². The Bertz CT molecular complexity index is 1840. The lowest BCUT2D eigenvalue weighted by Crippen LogP contribution is -2.39.